The zero-order valence-electron chi connectivity index (χ0n) is 22.7. The van der Waals surface area contributed by atoms with E-state index < -0.39 is 0 Å². The summed E-state index contributed by atoms with van der Waals surface area (Å²) in [6.45, 7) is 2.22. The van der Waals surface area contributed by atoms with Gasteiger partial charge in [-0.05, 0) is 37.8 Å². The van der Waals surface area contributed by atoms with Gasteiger partial charge in [-0.3, -0.25) is 0 Å². The Bertz CT molecular complexity index is 901. The number of pyridine rings is 2. The molecule has 0 N–H and O–H groups in total. The number of halogens is 2. The van der Waals surface area contributed by atoms with Crippen LogP contribution in [0.25, 0.3) is 0 Å². The highest BCUT2D eigenvalue weighted by atomic mass is 79.9. The van der Waals surface area contributed by atoms with Crippen molar-refractivity contribution < 1.29 is 43.1 Å². The topological polar surface area (TPSA) is 7.76 Å². The molecule has 2 aromatic heterocycles. The third-order valence-corrected chi connectivity index (χ3v) is 6.87. The minimum atomic E-state index is 0. The lowest BCUT2D eigenvalue weighted by Gasteiger charge is -2.02. The van der Waals surface area contributed by atoms with Crippen molar-refractivity contribution in [1.82, 2.24) is 0 Å². The molecule has 2 nitrogen and oxygen atoms in total. The summed E-state index contributed by atoms with van der Waals surface area (Å²) >= 11 is 0. The highest BCUT2D eigenvalue weighted by molar-refractivity contribution is 5.30. The molecule has 4 bridgehead atoms. The van der Waals surface area contributed by atoms with Gasteiger partial charge in [0.05, 0.1) is 11.1 Å². The monoisotopic (exact) mass is 628 g/mol. The van der Waals surface area contributed by atoms with E-state index in [1.165, 1.54) is 96.3 Å². The maximum Gasteiger partial charge on any atom is 0.184 e. The van der Waals surface area contributed by atoms with Crippen molar-refractivity contribution in [1.29, 1.82) is 0 Å². The van der Waals surface area contributed by atoms with E-state index >= 15 is 0 Å². The first-order valence-electron chi connectivity index (χ1n) is 14.4. The number of hydrogen-bond acceptors (Lipinski definition) is 0. The zero-order chi connectivity index (χ0) is 24.2. The van der Waals surface area contributed by atoms with Crippen molar-refractivity contribution in [3.63, 3.8) is 0 Å². The lowest BCUT2D eigenvalue weighted by atomic mass is 10.1. The molecule has 0 fully saturated rings. The molecule has 4 heteroatoms. The van der Waals surface area contributed by atoms with E-state index in [9.17, 15) is 0 Å². The van der Waals surface area contributed by atoms with Crippen LogP contribution in [0.2, 0.25) is 0 Å². The van der Waals surface area contributed by atoms with E-state index in [0.717, 1.165) is 37.1 Å². The molecule has 0 amide bonds. The molecular weight excluding hydrogens is 584 g/mol. The average molecular weight is 631 g/mol. The van der Waals surface area contributed by atoms with Gasteiger partial charge in [-0.1, -0.05) is 81.5 Å². The predicted octanol–water partition coefficient (Wildman–Crippen LogP) is 1.32. The largest absolute Gasteiger partial charge is 1.00 e. The molecule has 0 saturated carbocycles. The third-order valence-electron chi connectivity index (χ3n) is 6.87. The summed E-state index contributed by atoms with van der Waals surface area (Å²) in [5, 5.41) is 0. The predicted molar refractivity (Wildman–Crippen MR) is 146 cm³/mol. The normalized spacial score (nSPS) is 16.9. The minimum absolute atomic E-state index is 0. The molecule has 0 spiro atoms. The Labute approximate surface area is 248 Å². The van der Waals surface area contributed by atoms with E-state index in [2.05, 4.69) is 81.9 Å². The number of hydrogen-bond donors (Lipinski definition) is 0. The molecule has 202 valence electrons. The van der Waals surface area contributed by atoms with Crippen LogP contribution in [-0.4, -0.2) is 0 Å². The Morgan fingerprint density at radius 1 is 0.459 bits per heavy atom. The molecule has 0 saturated heterocycles. The Balaban J connectivity index is 0.00000342. The second-order valence-electron chi connectivity index (χ2n) is 10.1. The fourth-order valence-corrected chi connectivity index (χ4v) is 4.76. The molecule has 37 heavy (non-hydrogen) atoms. The van der Waals surface area contributed by atoms with Crippen LogP contribution in [0.1, 0.15) is 120 Å². The van der Waals surface area contributed by atoms with Crippen LogP contribution in [-0.2, 0) is 13.1 Å². The number of aromatic nitrogens is 2. The summed E-state index contributed by atoms with van der Waals surface area (Å²) in [5.74, 6) is 13.5. The van der Waals surface area contributed by atoms with Gasteiger partial charge in [0.1, 0.15) is 13.1 Å². The van der Waals surface area contributed by atoms with Gasteiger partial charge < -0.3 is 34.0 Å². The molecule has 0 unspecified atom stereocenters. The first-order chi connectivity index (χ1) is 17.4. The van der Waals surface area contributed by atoms with Gasteiger partial charge in [-0.25, -0.2) is 9.13 Å². The summed E-state index contributed by atoms with van der Waals surface area (Å²) < 4.78 is 4.64. The quantitative estimate of drug-likeness (QED) is 0.307. The SMILES string of the molecule is C1#Cc2ccc[n+](c2)CCCCCCCCCCC[n+]2cccc(c2)C#CCCCCCCCC1.[Br-].[Br-]. The number of nitrogens with zero attached hydrogens (tertiary/aromatic N) is 2. The average Bonchev–Trinajstić information content (AvgIpc) is 2.88. The van der Waals surface area contributed by atoms with Crippen LogP contribution in [0.15, 0.2) is 49.1 Å². The molecule has 1 aliphatic heterocycles. The maximum atomic E-state index is 3.39. The van der Waals surface area contributed by atoms with Crippen LogP contribution in [0.4, 0.5) is 0 Å². The molecular formula is C33H46Br2N2. The van der Waals surface area contributed by atoms with Gasteiger partial charge in [0.25, 0.3) is 0 Å². The van der Waals surface area contributed by atoms with Gasteiger partial charge in [0, 0.05) is 37.8 Å². The highest BCUT2D eigenvalue weighted by Gasteiger charge is 2.03. The summed E-state index contributed by atoms with van der Waals surface area (Å²) in [6.07, 6.45) is 30.6. The first kappa shape index (κ1) is 33.4. The van der Waals surface area contributed by atoms with Crippen molar-refractivity contribution in [2.75, 3.05) is 0 Å². The smallest absolute Gasteiger partial charge is 0.184 e. The van der Waals surface area contributed by atoms with Gasteiger partial charge in [0.15, 0.2) is 24.8 Å². The second-order valence-corrected chi connectivity index (χ2v) is 10.1. The maximum absolute atomic E-state index is 3.39. The van der Waals surface area contributed by atoms with Gasteiger partial charge in [-0.15, -0.1) is 0 Å². The number of rotatable bonds is 0. The van der Waals surface area contributed by atoms with Gasteiger partial charge in [-0.2, -0.15) is 0 Å². The molecule has 2 aromatic rings. The molecule has 1 aliphatic rings. The molecule has 0 atom stereocenters. The molecule has 0 radical (unpaired) electrons. The van der Waals surface area contributed by atoms with Crippen LogP contribution in [0.3, 0.4) is 0 Å². The first-order valence-corrected chi connectivity index (χ1v) is 14.4. The van der Waals surface area contributed by atoms with Gasteiger partial charge >= 0.3 is 0 Å². The molecule has 0 aliphatic carbocycles. The Hall–Kier alpha value is -1.62. The van der Waals surface area contributed by atoms with E-state index in [-0.39, 0.29) is 34.0 Å². The zero-order valence-corrected chi connectivity index (χ0v) is 25.9. The van der Waals surface area contributed by atoms with Crippen molar-refractivity contribution in [2.24, 2.45) is 0 Å². The number of aryl methyl sites for hydroxylation is 2. The summed E-state index contributed by atoms with van der Waals surface area (Å²) in [7, 11) is 0. The minimum Gasteiger partial charge on any atom is -1.00 e. The number of fused-ring (bicyclic) bond motifs is 4. The summed E-state index contributed by atoms with van der Waals surface area (Å²) in [4.78, 5) is 0. The fourth-order valence-electron chi connectivity index (χ4n) is 4.76. The van der Waals surface area contributed by atoms with E-state index in [0.29, 0.717) is 0 Å². The van der Waals surface area contributed by atoms with Crippen LogP contribution in [0.5, 0.6) is 0 Å². The molecule has 3 heterocycles. The van der Waals surface area contributed by atoms with E-state index in [1.54, 1.807) is 0 Å². The van der Waals surface area contributed by atoms with Crippen molar-refractivity contribution in [3.8, 4) is 23.7 Å². The van der Waals surface area contributed by atoms with Crippen molar-refractivity contribution in [3.05, 3.63) is 60.2 Å². The van der Waals surface area contributed by atoms with Crippen LogP contribution < -0.4 is 43.1 Å². The van der Waals surface area contributed by atoms with Crippen LogP contribution in [0, 0.1) is 23.7 Å². The Morgan fingerprint density at radius 2 is 0.811 bits per heavy atom. The fraction of sp³-hybridized carbons (Fsp3) is 0.576. The molecule has 3 rings (SSSR count). The standard InChI is InChI=1S/C33H46N2.2BrH/c1-2-5-9-13-17-23-33-25-21-29-35(31-33)27-19-15-11-7-3-6-10-14-18-26-34-28-20-24-32(30-34)22-16-12-8-4-1;;/h20-21,24-25,28-31H,1-15,18-19,26-27H2;2*1H/q+2;;/p-2. The lowest BCUT2D eigenvalue weighted by Crippen LogP contribution is -3.00. The van der Waals surface area contributed by atoms with E-state index in [1.807, 2.05) is 0 Å². The Morgan fingerprint density at radius 3 is 1.22 bits per heavy atom. The van der Waals surface area contributed by atoms with Gasteiger partial charge in [0.2, 0.25) is 0 Å². The lowest BCUT2D eigenvalue weighted by molar-refractivity contribution is -0.697. The Kier molecular flexibility index (Phi) is 20.2. The molecule has 0 aromatic carbocycles. The van der Waals surface area contributed by atoms with E-state index in [4.69, 9.17) is 0 Å². The summed E-state index contributed by atoms with van der Waals surface area (Å²) in [5.41, 5.74) is 2.31. The summed E-state index contributed by atoms with van der Waals surface area (Å²) in [6, 6.07) is 8.57. The third kappa shape index (κ3) is 16.1. The highest BCUT2D eigenvalue weighted by Crippen LogP contribution is 2.10. The van der Waals surface area contributed by atoms with Crippen LogP contribution >= 0.6 is 0 Å². The van der Waals surface area contributed by atoms with Crippen molar-refractivity contribution in [2.45, 2.75) is 122 Å². The second kappa shape index (κ2) is 22.4. The van der Waals surface area contributed by atoms with Crippen molar-refractivity contribution >= 4 is 0 Å².